The zero-order valence-corrected chi connectivity index (χ0v) is 18.5. The van der Waals surface area contributed by atoms with Crippen molar-refractivity contribution >= 4 is 12.2 Å². The Morgan fingerprint density at radius 3 is 2.53 bits per heavy atom. The molecule has 1 aliphatic heterocycles. The van der Waals surface area contributed by atoms with Crippen LogP contribution in [0, 0.1) is 4.77 Å². The molecule has 6 nitrogen and oxygen atoms in total. The lowest BCUT2D eigenvalue weighted by atomic mass is 10.0. The van der Waals surface area contributed by atoms with E-state index in [2.05, 4.69) is 16.8 Å². The quantitative estimate of drug-likeness (QED) is 0.496. The van der Waals surface area contributed by atoms with E-state index in [4.69, 9.17) is 22.1 Å². The van der Waals surface area contributed by atoms with Crippen molar-refractivity contribution in [3.8, 4) is 22.8 Å². The maximum Gasteiger partial charge on any atom is 0.204 e. The van der Waals surface area contributed by atoms with Gasteiger partial charge in [-0.05, 0) is 74.8 Å². The van der Waals surface area contributed by atoms with E-state index < -0.39 is 0 Å². The van der Waals surface area contributed by atoms with Gasteiger partial charge in [0.2, 0.25) is 4.77 Å². The second-order valence-corrected chi connectivity index (χ2v) is 7.98. The van der Waals surface area contributed by atoms with Crippen molar-refractivity contribution in [1.29, 1.82) is 0 Å². The summed E-state index contributed by atoms with van der Waals surface area (Å²) >= 11 is 5.91. The number of ether oxygens (including phenoxy) is 1. The van der Waals surface area contributed by atoms with Crippen molar-refractivity contribution < 1.29 is 4.74 Å². The van der Waals surface area contributed by atoms with Gasteiger partial charge in [-0.2, -0.15) is 0 Å². The molecule has 0 amide bonds. The van der Waals surface area contributed by atoms with E-state index in [1.807, 2.05) is 52.6 Å². The van der Waals surface area contributed by atoms with Crippen molar-refractivity contribution in [1.82, 2.24) is 24.2 Å². The molecule has 1 fully saturated rings. The molecule has 0 bridgehead atoms. The van der Waals surface area contributed by atoms with Crippen LogP contribution in [0.25, 0.3) is 17.1 Å². The first kappa shape index (κ1) is 20.8. The second-order valence-electron chi connectivity index (χ2n) is 7.62. The maximum absolute atomic E-state index is 5.91. The average Bonchev–Trinajstić information content (AvgIpc) is 3.11. The first-order valence-electron chi connectivity index (χ1n) is 10.8. The van der Waals surface area contributed by atoms with Gasteiger partial charge in [-0.1, -0.05) is 13.3 Å². The maximum atomic E-state index is 5.91. The number of benzene rings is 1. The highest BCUT2D eigenvalue weighted by Crippen LogP contribution is 2.25. The first-order chi connectivity index (χ1) is 14.7. The van der Waals surface area contributed by atoms with E-state index in [1.165, 1.54) is 19.3 Å². The Hall–Kier alpha value is -2.51. The van der Waals surface area contributed by atoms with Gasteiger partial charge in [-0.15, -0.1) is 5.10 Å². The van der Waals surface area contributed by atoms with Crippen molar-refractivity contribution in [2.75, 3.05) is 13.2 Å². The highest BCUT2D eigenvalue weighted by molar-refractivity contribution is 7.71. The minimum absolute atomic E-state index is 0.598. The normalized spacial score (nSPS) is 17.2. The van der Waals surface area contributed by atoms with Crippen LogP contribution in [0.5, 0.6) is 5.75 Å². The van der Waals surface area contributed by atoms with Crippen LogP contribution >= 0.6 is 12.2 Å². The van der Waals surface area contributed by atoms with Gasteiger partial charge < -0.3 is 4.74 Å². The number of likely N-dealkylation sites (tertiary alicyclic amines) is 1. The summed E-state index contributed by atoms with van der Waals surface area (Å²) in [6.45, 7) is 6.72. The fourth-order valence-corrected chi connectivity index (χ4v) is 4.45. The van der Waals surface area contributed by atoms with Gasteiger partial charge >= 0.3 is 0 Å². The van der Waals surface area contributed by atoms with E-state index in [0.717, 1.165) is 42.5 Å². The Labute approximate surface area is 183 Å². The van der Waals surface area contributed by atoms with Crippen LogP contribution in [0.15, 0.2) is 48.8 Å². The number of aromatic nitrogens is 4. The van der Waals surface area contributed by atoms with E-state index in [9.17, 15) is 0 Å². The van der Waals surface area contributed by atoms with E-state index in [0.29, 0.717) is 17.4 Å². The molecular formula is C23H29N5OS. The summed E-state index contributed by atoms with van der Waals surface area (Å²) in [5, 5.41) is 4.95. The van der Waals surface area contributed by atoms with Gasteiger partial charge in [0.1, 0.15) is 5.75 Å². The molecule has 0 unspecified atom stereocenters. The lowest BCUT2D eigenvalue weighted by Crippen LogP contribution is -2.40. The third-order valence-electron chi connectivity index (χ3n) is 5.72. The highest BCUT2D eigenvalue weighted by Gasteiger charge is 2.23. The van der Waals surface area contributed by atoms with Gasteiger partial charge in [0.15, 0.2) is 5.82 Å². The average molecular weight is 424 g/mol. The molecule has 7 heteroatoms. The lowest BCUT2D eigenvalue weighted by Gasteiger charge is -2.34. The predicted molar refractivity (Wildman–Crippen MR) is 121 cm³/mol. The lowest BCUT2D eigenvalue weighted by molar-refractivity contribution is 0.100. The Morgan fingerprint density at radius 1 is 1.07 bits per heavy atom. The molecule has 1 aromatic carbocycles. The fraction of sp³-hybridized carbons (Fsp3) is 0.435. The fourth-order valence-electron chi connectivity index (χ4n) is 4.16. The van der Waals surface area contributed by atoms with Crippen LogP contribution in [-0.2, 0) is 6.67 Å². The number of hydrogen-bond donors (Lipinski definition) is 0. The minimum atomic E-state index is 0.598. The molecule has 0 radical (unpaired) electrons. The predicted octanol–water partition coefficient (Wildman–Crippen LogP) is 5.09. The molecule has 0 spiro atoms. The molecule has 0 N–H and O–H groups in total. The molecule has 1 saturated heterocycles. The van der Waals surface area contributed by atoms with E-state index >= 15 is 0 Å². The Kier molecular flexibility index (Phi) is 6.59. The SMILES string of the molecule is CCOc1ccc(-n2c(-c3ccncc3)nn(CN3CCCC[C@H]3CC)c2=S)cc1. The molecular weight excluding hydrogens is 394 g/mol. The van der Waals surface area contributed by atoms with Gasteiger partial charge in [-0.3, -0.25) is 14.5 Å². The molecule has 0 saturated carbocycles. The number of hydrogen-bond acceptors (Lipinski definition) is 5. The molecule has 3 heterocycles. The molecule has 2 aromatic heterocycles. The summed E-state index contributed by atoms with van der Waals surface area (Å²) in [6.07, 6.45) is 8.53. The molecule has 1 atom stereocenters. The van der Waals surface area contributed by atoms with Gasteiger partial charge in [-0.25, -0.2) is 4.68 Å². The first-order valence-corrected chi connectivity index (χ1v) is 11.2. The molecule has 30 heavy (non-hydrogen) atoms. The number of piperidine rings is 1. The molecule has 158 valence electrons. The van der Waals surface area contributed by atoms with Gasteiger partial charge in [0, 0.05) is 30.5 Å². The van der Waals surface area contributed by atoms with E-state index in [-0.39, 0.29) is 0 Å². The Balaban J connectivity index is 1.75. The number of pyridine rings is 1. The number of nitrogens with zero attached hydrogens (tertiary/aromatic N) is 5. The van der Waals surface area contributed by atoms with Crippen molar-refractivity contribution in [2.45, 2.75) is 52.2 Å². The standard InChI is InChI=1S/C23H29N5OS/c1-3-19-7-5-6-16-26(19)17-27-23(30)28(20-8-10-21(11-9-20)29-4-2)22(25-27)18-12-14-24-15-13-18/h8-15,19H,3-7,16-17H2,1-2H3/t19-/m1/s1. The van der Waals surface area contributed by atoms with Crippen molar-refractivity contribution in [3.63, 3.8) is 0 Å². The van der Waals surface area contributed by atoms with Crippen LogP contribution in [0.1, 0.15) is 39.5 Å². The van der Waals surface area contributed by atoms with Crippen molar-refractivity contribution in [2.24, 2.45) is 0 Å². The molecule has 4 rings (SSSR count). The molecule has 0 aliphatic carbocycles. The minimum Gasteiger partial charge on any atom is -0.494 e. The molecule has 1 aliphatic rings. The summed E-state index contributed by atoms with van der Waals surface area (Å²) in [5.41, 5.74) is 1.97. The molecule has 3 aromatic rings. The largest absolute Gasteiger partial charge is 0.494 e. The summed E-state index contributed by atoms with van der Waals surface area (Å²) in [4.78, 5) is 6.67. The third-order valence-corrected chi connectivity index (χ3v) is 6.11. The van der Waals surface area contributed by atoms with Crippen molar-refractivity contribution in [3.05, 3.63) is 53.6 Å². The third kappa shape index (κ3) is 4.32. The van der Waals surface area contributed by atoms with Crippen LogP contribution in [0.4, 0.5) is 0 Å². The smallest absolute Gasteiger partial charge is 0.204 e. The summed E-state index contributed by atoms with van der Waals surface area (Å²) in [7, 11) is 0. The zero-order valence-electron chi connectivity index (χ0n) is 17.7. The topological polar surface area (TPSA) is 48.1 Å². The van der Waals surface area contributed by atoms with E-state index in [1.54, 1.807) is 12.4 Å². The van der Waals surface area contributed by atoms with Crippen LogP contribution < -0.4 is 4.74 Å². The Bertz CT molecular complexity index is 1010. The summed E-state index contributed by atoms with van der Waals surface area (Å²) in [5.74, 6) is 1.68. The van der Waals surface area contributed by atoms with Gasteiger partial charge in [0.25, 0.3) is 0 Å². The Morgan fingerprint density at radius 2 is 1.83 bits per heavy atom. The zero-order chi connectivity index (χ0) is 20.9. The summed E-state index contributed by atoms with van der Waals surface area (Å²) < 4.78 is 10.3. The van der Waals surface area contributed by atoms with Crippen LogP contribution in [-0.4, -0.2) is 43.4 Å². The second kappa shape index (κ2) is 9.53. The summed E-state index contributed by atoms with van der Waals surface area (Å²) in [6, 6.07) is 12.6. The number of rotatable bonds is 7. The van der Waals surface area contributed by atoms with Crippen LogP contribution in [0.2, 0.25) is 0 Å². The highest BCUT2D eigenvalue weighted by atomic mass is 32.1. The van der Waals surface area contributed by atoms with Crippen LogP contribution in [0.3, 0.4) is 0 Å². The van der Waals surface area contributed by atoms with Gasteiger partial charge in [0.05, 0.1) is 19.0 Å². The monoisotopic (exact) mass is 423 g/mol.